The van der Waals surface area contributed by atoms with Crippen molar-refractivity contribution in [3.05, 3.63) is 0 Å². The monoisotopic (exact) mass is 252 g/mol. The van der Waals surface area contributed by atoms with Crippen molar-refractivity contribution < 1.29 is 0 Å². The molecule has 0 aromatic heterocycles. The van der Waals surface area contributed by atoms with Gasteiger partial charge in [0.2, 0.25) is 0 Å². The summed E-state index contributed by atoms with van der Waals surface area (Å²) in [7, 11) is 0. The largest absolute Gasteiger partial charge is 0.327 e. The number of hydrogen-bond acceptors (Lipinski definition) is 2. The molecule has 1 saturated heterocycles. The summed E-state index contributed by atoms with van der Waals surface area (Å²) in [4.78, 5) is 2.69. The minimum atomic E-state index is 0.387. The Morgan fingerprint density at radius 3 is 2.17 bits per heavy atom. The van der Waals surface area contributed by atoms with Crippen molar-refractivity contribution in [1.82, 2.24) is 4.90 Å². The van der Waals surface area contributed by atoms with Crippen LogP contribution in [0.4, 0.5) is 0 Å². The van der Waals surface area contributed by atoms with Crippen LogP contribution in [-0.2, 0) is 0 Å². The molecule has 1 aliphatic carbocycles. The fraction of sp³-hybridized carbons (Fsp3) is 1.00. The van der Waals surface area contributed by atoms with E-state index in [1.165, 1.54) is 64.6 Å². The molecule has 18 heavy (non-hydrogen) atoms. The van der Waals surface area contributed by atoms with Gasteiger partial charge in [0.05, 0.1) is 0 Å². The molecule has 0 aromatic carbocycles. The first-order valence-corrected chi connectivity index (χ1v) is 8.01. The second-order valence-electron chi connectivity index (χ2n) is 7.14. The van der Waals surface area contributed by atoms with Crippen LogP contribution in [0, 0.1) is 10.8 Å². The highest BCUT2D eigenvalue weighted by Crippen LogP contribution is 2.41. The predicted octanol–water partition coefficient (Wildman–Crippen LogP) is 3.41. The molecule has 1 heterocycles. The minimum Gasteiger partial charge on any atom is -0.327 e. The van der Waals surface area contributed by atoms with Crippen molar-refractivity contribution in [2.45, 2.75) is 71.8 Å². The van der Waals surface area contributed by atoms with Gasteiger partial charge in [0.1, 0.15) is 0 Å². The highest BCUT2D eigenvalue weighted by molar-refractivity contribution is 4.95. The summed E-state index contributed by atoms with van der Waals surface area (Å²) in [6.45, 7) is 11.0. The van der Waals surface area contributed by atoms with E-state index in [9.17, 15) is 0 Å². The maximum Gasteiger partial charge on any atom is 0.0105 e. The second kappa shape index (κ2) is 5.50. The number of nitrogens with two attached hydrogens (primary N) is 1. The molecule has 2 rings (SSSR count). The lowest BCUT2D eigenvalue weighted by Gasteiger charge is -2.44. The molecule has 0 amide bonds. The molecule has 2 nitrogen and oxygen atoms in total. The van der Waals surface area contributed by atoms with Crippen LogP contribution < -0.4 is 5.73 Å². The zero-order valence-electron chi connectivity index (χ0n) is 12.7. The minimum absolute atomic E-state index is 0.387. The number of nitrogens with zero attached hydrogens (tertiary/aromatic N) is 1. The Kier molecular flexibility index (Phi) is 4.38. The van der Waals surface area contributed by atoms with Gasteiger partial charge in [-0.1, -0.05) is 40.0 Å². The summed E-state index contributed by atoms with van der Waals surface area (Å²) in [5.74, 6) is 0. The summed E-state index contributed by atoms with van der Waals surface area (Å²) in [5, 5.41) is 0. The molecule has 2 atom stereocenters. The van der Waals surface area contributed by atoms with Crippen LogP contribution in [0.25, 0.3) is 0 Å². The molecule has 106 valence electrons. The van der Waals surface area contributed by atoms with Crippen molar-refractivity contribution in [2.24, 2.45) is 16.6 Å². The predicted molar refractivity (Wildman–Crippen MR) is 78.6 cm³/mol. The van der Waals surface area contributed by atoms with Crippen molar-refractivity contribution in [3.8, 4) is 0 Å². The Morgan fingerprint density at radius 2 is 1.72 bits per heavy atom. The normalized spacial score (nSPS) is 37.0. The first kappa shape index (κ1) is 14.3. The lowest BCUT2D eigenvalue weighted by Crippen LogP contribution is -2.48. The van der Waals surface area contributed by atoms with E-state index in [0.29, 0.717) is 16.9 Å². The molecular formula is C16H32N2. The fourth-order valence-electron chi connectivity index (χ4n) is 4.11. The van der Waals surface area contributed by atoms with E-state index in [-0.39, 0.29) is 0 Å². The van der Waals surface area contributed by atoms with Gasteiger partial charge >= 0.3 is 0 Å². The third-order valence-corrected chi connectivity index (χ3v) is 6.16. The van der Waals surface area contributed by atoms with E-state index in [4.69, 9.17) is 5.73 Å². The summed E-state index contributed by atoms with van der Waals surface area (Å²) in [5.41, 5.74) is 7.34. The van der Waals surface area contributed by atoms with Gasteiger partial charge in [-0.2, -0.15) is 0 Å². The van der Waals surface area contributed by atoms with Gasteiger partial charge in [0.15, 0.2) is 0 Å². The second-order valence-corrected chi connectivity index (χ2v) is 7.14. The van der Waals surface area contributed by atoms with Gasteiger partial charge in [0.25, 0.3) is 0 Å². The van der Waals surface area contributed by atoms with E-state index < -0.39 is 0 Å². The number of hydrogen-bond donors (Lipinski definition) is 1. The van der Waals surface area contributed by atoms with Crippen LogP contribution >= 0.6 is 0 Å². The zero-order chi connectivity index (χ0) is 13.2. The van der Waals surface area contributed by atoms with E-state index in [2.05, 4.69) is 25.7 Å². The highest BCUT2D eigenvalue weighted by atomic mass is 15.1. The molecule has 2 heteroatoms. The summed E-state index contributed by atoms with van der Waals surface area (Å²) < 4.78 is 0. The molecular weight excluding hydrogens is 220 g/mol. The van der Waals surface area contributed by atoms with Crippen LogP contribution in [0.15, 0.2) is 0 Å². The van der Waals surface area contributed by atoms with Crippen LogP contribution in [0.3, 0.4) is 0 Å². The topological polar surface area (TPSA) is 29.3 Å². The van der Waals surface area contributed by atoms with Gasteiger partial charge in [-0.05, 0) is 49.6 Å². The van der Waals surface area contributed by atoms with E-state index in [1.807, 2.05) is 0 Å². The Hall–Kier alpha value is -0.0800. The number of likely N-dealkylation sites (tertiary alicyclic amines) is 1. The summed E-state index contributed by atoms with van der Waals surface area (Å²) >= 11 is 0. The lowest BCUT2D eigenvalue weighted by molar-refractivity contribution is 0.0618. The van der Waals surface area contributed by atoms with E-state index in [1.54, 1.807) is 0 Å². The molecule has 1 aliphatic heterocycles. The van der Waals surface area contributed by atoms with Crippen molar-refractivity contribution in [2.75, 3.05) is 19.6 Å². The molecule has 0 spiro atoms. The van der Waals surface area contributed by atoms with Crippen LogP contribution in [0.1, 0.15) is 65.7 Å². The molecule has 0 bridgehead atoms. The van der Waals surface area contributed by atoms with Crippen molar-refractivity contribution in [3.63, 3.8) is 0 Å². The van der Waals surface area contributed by atoms with Crippen LogP contribution in [0.2, 0.25) is 0 Å². The Bertz CT molecular complexity index is 262. The average Bonchev–Trinajstić information content (AvgIpc) is 2.71. The molecule has 2 aliphatic rings. The summed E-state index contributed by atoms with van der Waals surface area (Å²) in [6, 6.07) is 0.432. The van der Waals surface area contributed by atoms with Gasteiger partial charge in [-0.15, -0.1) is 0 Å². The third-order valence-electron chi connectivity index (χ3n) is 6.16. The first-order chi connectivity index (χ1) is 8.53. The SMILES string of the molecule is CCC1(CC)CCN(CC2(C)CCCC2N)CC1. The smallest absolute Gasteiger partial charge is 0.0105 e. The van der Waals surface area contributed by atoms with Crippen LogP contribution in [-0.4, -0.2) is 30.6 Å². The molecule has 0 aromatic rings. The fourth-order valence-corrected chi connectivity index (χ4v) is 4.11. The number of rotatable bonds is 4. The molecule has 2 N–H and O–H groups in total. The first-order valence-electron chi connectivity index (χ1n) is 8.01. The maximum absolute atomic E-state index is 6.31. The zero-order valence-corrected chi connectivity index (χ0v) is 12.7. The molecule has 0 radical (unpaired) electrons. The Labute approximate surface area is 113 Å². The summed E-state index contributed by atoms with van der Waals surface area (Å²) in [6.07, 6.45) is 9.40. The average molecular weight is 252 g/mol. The highest BCUT2D eigenvalue weighted by Gasteiger charge is 2.39. The van der Waals surface area contributed by atoms with E-state index >= 15 is 0 Å². The maximum atomic E-state index is 6.31. The third kappa shape index (κ3) is 2.75. The molecule has 1 saturated carbocycles. The van der Waals surface area contributed by atoms with Gasteiger partial charge in [-0.25, -0.2) is 0 Å². The molecule has 2 unspecified atom stereocenters. The lowest BCUT2D eigenvalue weighted by atomic mass is 9.73. The van der Waals surface area contributed by atoms with Crippen molar-refractivity contribution in [1.29, 1.82) is 0 Å². The Morgan fingerprint density at radius 1 is 1.11 bits per heavy atom. The van der Waals surface area contributed by atoms with Crippen molar-refractivity contribution >= 4 is 0 Å². The van der Waals surface area contributed by atoms with Gasteiger partial charge in [-0.3, -0.25) is 0 Å². The van der Waals surface area contributed by atoms with Crippen LogP contribution in [0.5, 0.6) is 0 Å². The quantitative estimate of drug-likeness (QED) is 0.831. The number of piperidine rings is 1. The van der Waals surface area contributed by atoms with E-state index in [0.717, 1.165) is 0 Å². The van der Waals surface area contributed by atoms with Gasteiger partial charge < -0.3 is 10.6 Å². The standard InChI is InChI=1S/C16H32N2/c1-4-16(5-2)9-11-18(12-10-16)13-15(3)8-6-7-14(15)17/h14H,4-13,17H2,1-3H3. The van der Waals surface area contributed by atoms with Gasteiger partial charge in [0, 0.05) is 12.6 Å². The Balaban J connectivity index is 1.87. The molecule has 2 fully saturated rings.